The Bertz CT molecular complexity index is 892. The van der Waals surface area contributed by atoms with Crippen LogP contribution in [0.3, 0.4) is 0 Å². The summed E-state index contributed by atoms with van der Waals surface area (Å²) in [6.45, 7) is 4.06. The summed E-state index contributed by atoms with van der Waals surface area (Å²) in [4.78, 5) is 26.2. The van der Waals surface area contributed by atoms with E-state index in [2.05, 4.69) is 21.9 Å². The van der Waals surface area contributed by atoms with E-state index in [-0.39, 0.29) is 38.3 Å². The number of rotatable bonds is 9. The highest BCUT2D eigenvalue weighted by Gasteiger charge is 2.40. The zero-order valence-corrected chi connectivity index (χ0v) is 18.7. The second-order valence-electron chi connectivity index (χ2n) is 7.88. The maximum absolute atomic E-state index is 12.5. The normalized spacial score (nSPS) is 22.0. The minimum Gasteiger partial charge on any atom is -0.477 e. The number of nitrogens with zero attached hydrogens (tertiary/aromatic N) is 1. The van der Waals surface area contributed by atoms with E-state index in [0.29, 0.717) is 23.0 Å². The zero-order chi connectivity index (χ0) is 24.2. The number of nitrogens with one attached hydrogen (secondary N) is 2. The van der Waals surface area contributed by atoms with Crippen molar-refractivity contribution in [3.8, 4) is 5.75 Å². The van der Waals surface area contributed by atoms with Crippen LogP contribution in [0, 0.1) is 0 Å². The minimum absolute atomic E-state index is 0.0889. The van der Waals surface area contributed by atoms with Crippen LogP contribution in [0.25, 0.3) is 0 Å². The van der Waals surface area contributed by atoms with E-state index in [0.717, 1.165) is 5.69 Å². The van der Waals surface area contributed by atoms with Gasteiger partial charge in [0.05, 0.1) is 24.4 Å². The highest BCUT2D eigenvalue weighted by atomic mass is 35.5. The molecule has 3 rings (SSSR count). The second-order valence-corrected chi connectivity index (χ2v) is 8.32. The summed E-state index contributed by atoms with van der Waals surface area (Å²) in [6, 6.07) is 5.14. The van der Waals surface area contributed by atoms with E-state index in [9.17, 15) is 22.8 Å². The minimum atomic E-state index is -4.66. The Balaban J connectivity index is 1.30. The van der Waals surface area contributed by atoms with Crippen LogP contribution < -0.4 is 20.3 Å². The first kappa shape index (κ1) is 25.1. The summed E-state index contributed by atoms with van der Waals surface area (Å²) >= 11 is 6.00. The lowest BCUT2D eigenvalue weighted by atomic mass is 9.92. The maximum atomic E-state index is 12.5. The Morgan fingerprint density at radius 2 is 2.03 bits per heavy atom. The predicted molar refractivity (Wildman–Crippen MR) is 114 cm³/mol. The Kier molecular flexibility index (Phi) is 8.09. The number of fused-ring (bicyclic) bond motifs is 1. The Morgan fingerprint density at radius 3 is 2.73 bits per heavy atom. The first-order chi connectivity index (χ1) is 15.5. The molecule has 2 aliphatic rings. The molecule has 12 heteroatoms. The van der Waals surface area contributed by atoms with Crippen LogP contribution in [0.1, 0.15) is 19.3 Å². The molecule has 1 aromatic rings. The van der Waals surface area contributed by atoms with Crippen molar-refractivity contribution in [3.63, 3.8) is 0 Å². The fourth-order valence-corrected chi connectivity index (χ4v) is 3.58. The molecule has 33 heavy (non-hydrogen) atoms. The van der Waals surface area contributed by atoms with Crippen molar-refractivity contribution in [2.45, 2.75) is 43.9 Å². The van der Waals surface area contributed by atoms with Gasteiger partial charge in [0, 0.05) is 43.6 Å². The number of hydrogen-bond donors (Lipinski definition) is 2. The number of anilines is 1. The molecule has 1 saturated carbocycles. The maximum Gasteiger partial charge on any atom is 0.522 e. The average Bonchev–Trinajstić information content (AvgIpc) is 2.69. The second kappa shape index (κ2) is 10.6. The molecular formula is C21H25ClF3N3O5. The molecule has 182 valence electrons. The third-order valence-corrected chi connectivity index (χ3v) is 5.42. The summed E-state index contributed by atoms with van der Waals surface area (Å²) in [5, 5.41) is 5.85. The van der Waals surface area contributed by atoms with Gasteiger partial charge in [-0.05, 0) is 18.2 Å². The van der Waals surface area contributed by atoms with Crippen molar-refractivity contribution in [2.24, 2.45) is 0 Å². The summed E-state index contributed by atoms with van der Waals surface area (Å²) in [7, 11) is 1.83. The van der Waals surface area contributed by atoms with E-state index in [1.54, 1.807) is 18.2 Å². The van der Waals surface area contributed by atoms with Gasteiger partial charge in [-0.1, -0.05) is 18.2 Å². The third kappa shape index (κ3) is 7.51. The predicted octanol–water partition coefficient (Wildman–Crippen LogP) is 2.76. The number of amides is 2. The Labute approximate surface area is 194 Å². The largest absolute Gasteiger partial charge is 0.522 e. The van der Waals surface area contributed by atoms with Crippen LogP contribution in [-0.2, 0) is 19.1 Å². The van der Waals surface area contributed by atoms with Crippen molar-refractivity contribution in [1.29, 1.82) is 0 Å². The smallest absolute Gasteiger partial charge is 0.477 e. The summed E-state index contributed by atoms with van der Waals surface area (Å²) in [5.41, 5.74) is 1.20. The van der Waals surface area contributed by atoms with E-state index in [1.165, 1.54) is 0 Å². The average molecular weight is 492 g/mol. The summed E-state index contributed by atoms with van der Waals surface area (Å²) in [5.74, 6) is -0.224. The van der Waals surface area contributed by atoms with Crippen LogP contribution in [0.15, 0.2) is 30.5 Å². The monoisotopic (exact) mass is 491 g/mol. The Hall–Kier alpha value is -2.50. The number of ether oxygens (including phenoxy) is 3. The molecule has 0 bridgehead atoms. The number of hydrogen-bond acceptors (Lipinski definition) is 6. The first-order valence-corrected chi connectivity index (χ1v) is 10.7. The highest BCUT2D eigenvalue weighted by Crippen LogP contribution is 2.35. The SMILES string of the molecule is C=C(CCNC(=O)COC1CC(OC(F)(F)F)C1)NC(=O)C1CN(C)c2cc(Cl)ccc2O1. The molecule has 2 amide bonds. The molecule has 0 aromatic heterocycles. The van der Waals surface area contributed by atoms with E-state index in [4.69, 9.17) is 21.1 Å². The van der Waals surface area contributed by atoms with Gasteiger partial charge in [0.25, 0.3) is 5.91 Å². The van der Waals surface area contributed by atoms with Crippen LogP contribution >= 0.6 is 11.6 Å². The number of likely N-dealkylation sites (N-methyl/N-ethyl adjacent to an activating group) is 1. The van der Waals surface area contributed by atoms with Crippen molar-refractivity contribution >= 4 is 29.1 Å². The topological polar surface area (TPSA) is 89.1 Å². The van der Waals surface area contributed by atoms with Gasteiger partial charge in [0.2, 0.25) is 5.91 Å². The van der Waals surface area contributed by atoms with Gasteiger partial charge in [-0.15, -0.1) is 13.2 Å². The molecule has 0 saturated heterocycles. The van der Waals surface area contributed by atoms with Crippen molar-refractivity contribution < 1.29 is 37.0 Å². The lowest BCUT2D eigenvalue weighted by Crippen LogP contribution is -2.47. The molecule has 0 spiro atoms. The van der Waals surface area contributed by atoms with E-state index in [1.807, 2.05) is 11.9 Å². The molecule has 1 heterocycles. The highest BCUT2D eigenvalue weighted by molar-refractivity contribution is 6.31. The number of alkyl halides is 3. The summed E-state index contributed by atoms with van der Waals surface area (Å²) < 4.78 is 51.1. The number of carbonyl (C=O) groups is 2. The van der Waals surface area contributed by atoms with Crippen molar-refractivity contribution in [2.75, 3.05) is 31.6 Å². The quantitative estimate of drug-likeness (QED) is 0.552. The molecule has 1 aliphatic heterocycles. The molecule has 2 N–H and O–H groups in total. The molecule has 1 atom stereocenters. The van der Waals surface area contributed by atoms with Crippen molar-refractivity contribution in [1.82, 2.24) is 10.6 Å². The molecule has 0 radical (unpaired) electrons. The number of benzene rings is 1. The number of carbonyl (C=O) groups excluding carboxylic acids is 2. The first-order valence-electron chi connectivity index (χ1n) is 10.3. The van der Waals surface area contributed by atoms with Gasteiger partial charge in [-0.3, -0.25) is 14.3 Å². The lowest BCUT2D eigenvalue weighted by molar-refractivity contribution is -0.357. The molecular weight excluding hydrogens is 467 g/mol. The molecule has 1 aromatic carbocycles. The molecule has 1 fully saturated rings. The van der Waals surface area contributed by atoms with Gasteiger partial charge in [-0.2, -0.15) is 0 Å². The molecule has 1 unspecified atom stereocenters. The van der Waals surface area contributed by atoms with Crippen LogP contribution in [0.5, 0.6) is 5.75 Å². The Morgan fingerprint density at radius 1 is 1.30 bits per heavy atom. The van der Waals surface area contributed by atoms with Gasteiger partial charge in [0.1, 0.15) is 12.4 Å². The third-order valence-electron chi connectivity index (χ3n) is 5.18. The standard InChI is InChI=1S/C21H25ClF3N3O5/c1-12(5-6-26-19(29)11-31-14-8-15(9-14)33-21(23,24)25)27-20(30)18-10-28(2)16-7-13(22)3-4-17(16)32-18/h3-4,7,14-15,18H,1,5-6,8-11H2,2H3,(H,26,29)(H,27,30). The van der Waals surface area contributed by atoms with Gasteiger partial charge in [0.15, 0.2) is 6.10 Å². The van der Waals surface area contributed by atoms with E-state index < -0.39 is 30.6 Å². The van der Waals surface area contributed by atoms with Crippen LogP contribution in [0.4, 0.5) is 18.9 Å². The lowest BCUT2D eigenvalue weighted by Gasteiger charge is -2.34. The zero-order valence-electron chi connectivity index (χ0n) is 17.9. The van der Waals surface area contributed by atoms with Crippen LogP contribution in [0.2, 0.25) is 5.02 Å². The van der Waals surface area contributed by atoms with Gasteiger partial charge < -0.3 is 25.0 Å². The fraction of sp³-hybridized carbons (Fsp3) is 0.524. The fourth-order valence-electron chi connectivity index (χ4n) is 3.42. The van der Waals surface area contributed by atoms with Gasteiger partial charge >= 0.3 is 6.36 Å². The molecule has 8 nitrogen and oxygen atoms in total. The van der Waals surface area contributed by atoms with E-state index >= 15 is 0 Å². The van der Waals surface area contributed by atoms with Crippen LogP contribution in [-0.4, -0.2) is 63.2 Å². The number of halogens is 4. The van der Waals surface area contributed by atoms with Gasteiger partial charge in [-0.25, -0.2) is 0 Å². The molecule has 1 aliphatic carbocycles. The van der Waals surface area contributed by atoms with Crippen molar-refractivity contribution in [3.05, 3.63) is 35.5 Å². The summed E-state index contributed by atoms with van der Waals surface area (Å²) in [6.07, 6.45) is -6.30.